The Bertz CT molecular complexity index is 360. The van der Waals surface area contributed by atoms with Crippen LogP contribution in [0.1, 0.15) is 30.4 Å². The highest BCUT2D eigenvalue weighted by Crippen LogP contribution is 2.31. The Morgan fingerprint density at radius 2 is 2.19 bits per heavy atom. The first-order valence-corrected chi connectivity index (χ1v) is 6.02. The van der Waals surface area contributed by atoms with Gasteiger partial charge in [0.25, 0.3) is 0 Å². The summed E-state index contributed by atoms with van der Waals surface area (Å²) < 4.78 is 5.36. The summed E-state index contributed by atoms with van der Waals surface area (Å²) in [6, 6.07) is 6.25. The smallest absolute Gasteiger partial charge is 0.122 e. The van der Waals surface area contributed by atoms with Crippen molar-refractivity contribution in [3.05, 3.63) is 29.3 Å². The molecule has 1 aromatic rings. The predicted molar refractivity (Wildman–Crippen MR) is 64.8 cm³/mol. The van der Waals surface area contributed by atoms with Crippen LogP contribution in [-0.2, 0) is 6.42 Å². The molecule has 0 bridgehead atoms. The number of methoxy groups -OCH3 is 1. The summed E-state index contributed by atoms with van der Waals surface area (Å²) in [6.07, 6.45) is 4.06. The highest BCUT2D eigenvalue weighted by Gasteiger charge is 2.26. The zero-order valence-corrected chi connectivity index (χ0v) is 10.1. The van der Waals surface area contributed by atoms with Gasteiger partial charge < -0.3 is 9.84 Å². The minimum atomic E-state index is -0.120. The van der Waals surface area contributed by atoms with E-state index < -0.39 is 0 Å². The summed E-state index contributed by atoms with van der Waals surface area (Å²) in [6.45, 7) is 2.09. The largest absolute Gasteiger partial charge is 0.496 e. The first-order chi connectivity index (χ1) is 7.70. The topological polar surface area (TPSA) is 29.5 Å². The van der Waals surface area contributed by atoms with E-state index in [0.717, 1.165) is 31.4 Å². The molecule has 1 aliphatic carbocycles. The van der Waals surface area contributed by atoms with Gasteiger partial charge in [-0.3, -0.25) is 0 Å². The van der Waals surface area contributed by atoms with E-state index in [9.17, 15) is 5.11 Å². The van der Waals surface area contributed by atoms with E-state index in [1.807, 2.05) is 6.07 Å². The van der Waals surface area contributed by atoms with Gasteiger partial charge in [0.2, 0.25) is 0 Å². The van der Waals surface area contributed by atoms with Crippen molar-refractivity contribution in [1.29, 1.82) is 0 Å². The van der Waals surface area contributed by atoms with E-state index in [0.29, 0.717) is 5.92 Å². The fraction of sp³-hybridized carbons (Fsp3) is 0.571. The molecule has 2 nitrogen and oxygen atoms in total. The van der Waals surface area contributed by atoms with E-state index in [4.69, 9.17) is 4.74 Å². The van der Waals surface area contributed by atoms with Crippen LogP contribution in [0.15, 0.2) is 18.2 Å². The number of ether oxygens (including phenoxy) is 1. The molecule has 2 heteroatoms. The SMILES string of the molecule is COc1ccc(C)cc1CC1CCCC1O. The van der Waals surface area contributed by atoms with Crippen molar-refractivity contribution in [2.75, 3.05) is 7.11 Å². The van der Waals surface area contributed by atoms with Crippen molar-refractivity contribution < 1.29 is 9.84 Å². The Balaban J connectivity index is 2.16. The second kappa shape index (κ2) is 4.88. The second-order valence-electron chi connectivity index (χ2n) is 4.78. The van der Waals surface area contributed by atoms with Gasteiger partial charge in [-0.1, -0.05) is 24.1 Å². The summed E-state index contributed by atoms with van der Waals surface area (Å²) in [5.41, 5.74) is 2.48. The van der Waals surface area contributed by atoms with E-state index >= 15 is 0 Å². The van der Waals surface area contributed by atoms with E-state index in [2.05, 4.69) is 19.1 Å². The molecule has 1 saturated carbocycles. The second-order valence-corrected chi connectivity index (χ2v) is 4.78. The van der Waals surface area contributed by atoms with Crippen LogP contribution in [0, 0.1) is 12.8 Å². The minimum Gasteiger partial charge on any atom is -0.496 e. The molecule has 1 N–H and O–H groups in total. The summed E-state index contributed by atoms with van der Waals surface area (Å²) in [7, 11) is 1.71. The van der Waals surface area contributed by atoms with Crippen LogP contribution >= 0.6 is 0 Å². The Morgan fingerprint density at radius 3 is 2.81 bits per heavy atom. The third-order valence-electron chi connectivity index (χ3n) is 3.54. The van der Waals surface area contributed by atoms with E-state index in [1.165, 1.54) is 11.1 Å². The zero-order valence-electron chi connectivity index (χ0n) is 10.1. The Hall–Kier alpha value is -1.02. The van der Waals surface area contributed by atoms with Gasteiger partial charge in [-0.05, 0) is 43.7 Å². The molecule has 0 heterocycles. The standard InChI is InChI=1S/C14H20O2/c1-10-6-7-14(16-2)12(8-10)9-11-4-3-5-13(11)15/h6-8,11,13,15H,3-5,9H2,1-2H3. The van der Waals surface area contributed by atoms with Crippen LogP contribution in [0.4, 0.5) is 0 Å². The average molecular weight is 220 g/mol. The van der Waals surface area contributed by atoms with Gasteiger partial charge in [-0.2, -0.15) is 0 Å². The van der Waals surface area contributed by atoms with Gasteiger partial charge in [0.15, 0.2) is 0 Å². The number of hydrogen-bond donors (Lipinski definition) is 1. The maximum Gasteiger partial charge on any atom is 0.122 e. The number of aliphatic hydroxyl groups excluding tert-OH is 1. The molecule has 0 amide bonds. The lowest BCUT2D eigenvalue weighted by atomic mass is 9.95. The van der Waals surface area contributed by atoms with Crippen LogP contribution in [0.25, 0.3) is 0 Å². The van der Waals surface area contributed by atoms with Crippen molar-refractivity contribution >= 4 is 0 Å². The molecule has 0 spiro atoms. The van der Waals surface area contributed by atoms with Gasteiger partial charge in [0.1, 0.15) is 5.75 Å². The van der Waals surface area contributed by atoms with E-state index in [1.54, 1.807) is 7.11 Å². The molecule has 0 saturated heterocycles. The van der Waals surface area contributed by atoms with Gasteiger partial charge in [0.05, 0.1) is 13.2 Å². The van der Waals surface area contributed by atoms with Crippen molar-refractivity contribution in [2.45, 2.75) is 38.7 Å². The molecule has 2 rings (SSSR count). The number of aryl methyl sites for hydroxylation is 1. The number of aliphatic hydroxyl groups is 1. The maximum absolute atomic E-state index is 9.84. The highest BCUT2D eigenvalue weighted by molar-refractivity contribution is 5.37. The normalized spacial score (nSPS) is 24.7. The molecule has 0 radical (unpaired) electrons. The summed E-state index contributed by atoms with van der Waals surface area (Å²) >= 11 is 0. The van der Waals surface area contributed by atoms with Gasteiger partial charge in [-0.15, -0.1) is 0 Å². The van der Waals surface area contributed by atoms with E-state index in [-0.39, 0.29) is 6.10 Å². The van der Waals surface area contributed by atoms with Crippen molar-refractivity contribution in [1.82, 2.24) is 0 Å². The predicted octanol–water partition coefficient (Wildman–Crippen LogP) is 2.71. The number of benzene rings is 1. The lowest BCUT2D eigenvalue weighted by molar-refractivity contribution is 0.132. The van der Waals surface area contributed by atoms with Crippen LogP contribution in [0.2, 0.25) is 0 Å². The fourth-order valence-corrected chi connectivity index (χ4v) is 2.60. The first-order valence-electron chi connectivity index (χ1n) is 6.02. The van der Waals surface area contributed by atoms with Gasteiger partial charge >= 0.3 is 0 Å². The Morgan fingerprint density at radius 1 is 1.38 bits per heavy atom. The third-order valence-corrected chi connectivity index (χ3v) is 3.54. The molecule has 2 atom stereocenters. The number of hydrogen-bond acceptors (Lipinski definition) is 2. The molecular formula is C14H20O2. The molecule has 0 aromatic heterocycles. The fourth-order valence-electron chi connectivity index (χ4n) is 2.60. The van der Waals surface area contributed by atoms with Gasteiger partial charge in [-0.25, -0.2) is 0 Å². The Kier molecular flexibility index (Phi) is 3.49. The van der Waals surface area contributed by atoms with Crippen LogP contribution in [0.3, 0.4) is 0 Å². The zero-order chi connectivity index (χ0) is 11.5. The molecule has 88 valence electrons. The van der Waals surface area contributed by atoms with Crippen molar-refractivity contribution in [2.24, 2.45) is 5.92 Å². The molecule has 1 aliphatic rings. The van der Waals surface area contributed by atoms with Crippen molar-refractivity contribution in [3.8, 4) is 5.75 Å². The molecular weight excluding hydrogens is 200 g/mol. The third kappa shape index (κ3) is 2.38. The number of rotatable bonds is 3. The molecule has 2 unspecified atom stereocenters. The Labute approximate surface area is 97.3 Å². The first kappa shape index (κ1) is 11.5. The minimum absolute atomic E-state index is 0.120. The summed E-state index contributed by atoms with van der Waals surface area (Å²) in [5.74, 6) is 1.36. The summed E-state index contributed by atoms with van der Waals surface area (Å²) in [4.78, 5) is 0. The molecule has 16 heavy (non-hydrogen) atoms. The summed E-state index contributed by atoms with van der Waals surface area (Å²) in [5, 5.41) is 9.84. The maximum atomic E-state index is 9.84. The average Bonchev–Trinajstić information content (AvgIpc) is 2.65. The quantitative estimate of drug-likeness (QED) is 0.848. The van der Waals surface area contributed by atoms with Crippen LogP contribution < -0.4 is 4.74 Å². The van der Waals surface area contributed by atoms with Gasteiger partial charge in [0, 0.05) is 0 Å². The lowest BCUT2D eigenvalue weighted by Gasteiger charge is -2.16. The van der Waals surface area contributed by atoms with Crippen molar-refractivity contribution in [3.63, 3.8) is 0 Å². The molecule has 1 fully saturated rings. The molecule has 1 aromatic carbocycles. The molecule has 0 aliphatic heterocycles. The monoisotopic (exact) mass is 220 g/mol. The van der Waals surface area contributed by atoms with Crippen LogP contribution in [0.5, 0.6) is 5.75 Å². The lowest BCUT2D eigenvalue weighted by Crippen LogP contribution is -2.15. The van der Waals surface area contributed by atoms with Crippen LogP contribution in [-0.4, -0.2) is 18.3 Å². The highest BCUT2D eigenvalue weighted by atomic mass is 16.5.